The molecular weight excluding hydrogens is 421 g/mol. The van der Waals surface area contributed by atoms with E-state index in [2.05, 4.69) is 5.32 Å². The van der Waals surface area contributed by atoms with Crippen LogP contribution in [0, 0.1) is 22.9 Å². The summed E-state index contributed by atoms with van der Waals surface area (Å²) < 4.78 is 18.9. The van der Waals surface area contributed by atoms with Gasteiger partial charge in [0.2, 0.25) is 0 Å². The first kappa shape index (κ1) is 20.7. The Morgan fingerprint density at radius 3 is 2.47 bits per heavy atom. The number of rotatable bonds is 4. The highest BCUT2D eigenvalue weighted by Crippen LogP contribution is 2.30. The van der Waals surface area contributed by atoms with Crippen LogP contribution in [0.15, 0.2) is 64.6 Å². The fourth-order valence-corrected chi connectivity index (χ4v) is 3.19. The molecule has 3 aromatic rings. The molecule has 10 heteroatoms. The second-order valence-electron chi connectivity index (χ2n) is 6.89. The van der Waals surface area contributed by atoms with Crippen molar-refractivity contribution in [1.29, 1.82) is 0 Å². The van der Waals surface area contributed by atoms with Gasteiger partial charge in [0.1, 0.15) is 22.9 Å². The number of nitro groups is 1. The number of benzene rings is 2. The first-order chi connectivity index (χ1) is 15.2. The van der Waals surface area contributed by atoms with Gasteiger partial charge in [-0.15, -0.1) is 0 Å². The van der Waals surface area contributed by atoms with Gasteiger partial charge in [0, 0.05) is 17.7 Å². The number of furan rings is 1. The molecule has 0 saturated carbocycles. The van der Waals surface area contributed by atoms with Crippen LogP contribution in [0.2, 0.25) is 0 Å². The number of amides is 4. The number of nitro benzene ring substituents is 1. The van der Waals surface area contributed by atoms with E-state index in [1.807, 2.05) is 0 Å². The number of non-ortho nitro benzene ring substituents is 1. The number of nitrogens with zero attached hydrogens (tertiary/aromatic N) is 2. The Labute approximate surface area is 179 Å². The monoisotopic (exact) mass is 435 g/mol. The quantitative estimate of drug-likeness (QED) is 0.286. The zero-order chi connectivity index (χ0) is 23.0. The van der Waals surface area contributed by atoms with Gasteiger partial charge in [-0.1, -0.05) is 6.07 Å². The topological polar surface area (TPSA) is 123 Å². The third kappa shape index (κ3) is 3.76. The number of carbonyl (C=O) groups is 3. The molecule has 2 heterocycles. The molecule has 32 heavy (non-hydrogen) atoms. The zero-order valence-electron chi connectivity index (χ0n) is 16.5. The number of hydrogen-bond acceptors (Lipinski definition) is 6. The van der Waals surface area contributed by atoms with Crippen molar-refractivity contribution in [3.8, 4) is 11.3 Å². The van der Waals surface area contributed by atoms with Gasteiger partial charge >= 0.3 is 6.03 Å². The maximum Gasteiger partial charge on any atom is 0.335 e. The van der Waals surface area contributed by atoms with Gasteiger partial charge in [0.05, 0.1) is 10.6 Å². The molecular formula is C22H14FN3O6. The minimum absolute atomic E-state index is 0.0830. The van der Waals surface area contributed by atoms with Gasteiger partial charge in [0.25, 0.3) is 17.5 Å². The minimum atomic E-state index is -0.962. The molecule has 4 rings (SSSR count). The van der Waals surface area contributed by atoms with Crippen molar-refractivity contribution in [3.63, 3.8) is 0 Å². The summed E-state index contributed by atoms with van der Waals surface area (Å²) in [5.74, 6) is -1.95. The average Bonchev–Trinajstić information content (AvgIpc) is 3.21. The summed E-state index contributed by atoms with van der Waals surface area (Å²) in [5, 5.41) is 13.1. The number of carbonyl (C=O) groups excluding carboxylic acids is 3. The normalized spacial score (nSPS) is 15.2. The predicted octanol–water partition coefficient (Wildman–Crippen LogP) is 3.97. The Hall–Kier alpha value is -4.60. The molecule has 1 N–H and O–H groups in total. The second-order valence-corrected chi connectivity index (χ2v) is 6.89. The summed E-state index contributed by atoms with van der Waals surface area (Å²) >= 11 is 0. The first-order valence-corrected chi connectivity index (χ1v) is 9.27. The number of imide groups is 2. The van der Waals surface area contributed by atoms with Gasteiger partial charge in [-0.25, -0.2) is 14.1 Å². The predicted molar refractivity (Wildman–Crippen MR) is 111 cm³/mol. The lowest BCUT2D eigenvalue weighted by Crippen LogP contribution is -2.54. The fourth-order valence-electron chi connectivity index (χ4n) is 3.19. The largest absolute Gasteiger partial charge is 0.457 e. The van der Waals surface area contributed by atoms with E-state index >= 15 is 0 Å². The second kappa shape index (κ2) is 7.91. The maximum atomic E-state index is 13.2. The standard InChI is InChI=1S/C22H14FN3O6/c1-12-2-5-15(26(30)31)10-17(12)19-9-8-16(32-19)11-18-20(27)24-22(29)25(21(18)28)14-6-3-13(23)4-7-14/h2-11H,1H3,(H,24,27,29). The van der Waals surface area contributed by atoms with Crippen LogP contribution in [-0.2, 0) is 9.59 Å². The molecule has 0 atom stereocenters. The number of anilines is 1. The van der Waals surface area contributed by atoms with Crippen molar-refractivity contribution in [2.45, 2.75) is 6.92 Å². The number of barbiturate groups is 1. The Morgan fingerprint density at radius 1 is 1.06 bits per heavy atom. The van der Waals surface area contributed by atoms with Crippen LogP contribution in [0.25, 0.3) is 17.4 Å². The molecule has 1 saturated heterocycles. The molecule has 2 aromatic carbocycles. The van der Waals surface area contributed by atoms with Crippen LogP contribution in [0.4, 0.5) is 20.6 Å². The van der Waals surface area contributed by atoms with Crippen LogP contribution in [0.5, 0.6) is 0 Å². The molecule has 1 aromatic heterocycles. The molecule has 0 spiro atoms. The number of halogens is 1. The van der Waals surface area contributed by atoms with E-state index in [9.17, 15) is 28.9 Å². The molecule has 1 fully saturated rings. The van der Waals surface area contributed by atoms with E-state index in [4.69, 9.17) is 4.42 Å². The highest BCUT2D eigenvalue weighted by molar-refractivity contribution is 6.39. The average molecular weight is 435 g/mol. The van der Waals surface area contributed by atoms with Gasteiger partial charge in [-0.3, -0.25) is 25.0 Å². The summed E-state index contributed by atoms with van der Waals surface area (Å²) in [7, 11) is 0. The van der Waals surface area contributed by atoms with Crippen LogP contribution in [0.1, 0.15) is 11.3 Å². The van der Waals surface area contributed by atoms with Crippen LogP contribution in [0.3, 0.4) is 0 Å². The van der Waals surface area contributed by atoms with E-state index in [0.717, 1.165) is 23.8 Å². The van der Waals surface area contributed by atoms with Crippen molar-refractivity contribution in [3.05, 3.63) is 87.4 Å². The molecule has 0 unspecified atom stereocenters. The van der Waals surface area contributed by atoms with Crippen LogP contribution >= 0.6 is 0 Å². The molecule has 9 nitrogen and oxygen atoms in total. The van der Waals surface area contributed by atoms with Gasteiger partial charge in [0.15, 0.2) is 0 Å². The lowest BCUT2D eigenvalue weighted by atomic mass is 10.1. The van der Waals surface area contributed by atoms with Crippen molar-refractivity contribution in [1.82, 2.24) is 5.32 Å². The molecule has 0 radical (unpaired) electrons. The summed E-state index contributed by atoms with van der Waals surface area (Å²) in [6.45, 7) is 1.75. The third-order valence-corrected chi connectivity index (χ3v) is 4.80. The number of aryl methyl sites for hydroxylation is 1. The van der Waals surface area contributed by atoms with E-state index in [0.29, 0.717) is 16.2 Å². The third-order valence-electron chi connectivity index (χ3n) is 4.80. The zero-order valence-corrected chi connectivity index (χ0v) is 16.5. The van der Waals surface area contributed by atoms with Crippen LogP contribution in [-0.4, -0.2) is 22.8 Å². The van der Waals surface area contributed by atoms with Crippen molar-refractivity contribution in [2.75, 3.05) is 4.90 Å². The summed E-state index contributed by atoms with van der Waals surface area (Å²) in [6, 6.07) is 11.0. The lowest BCUT2D eigenvalue weighted by molar-refractivity contribution is -0.384. The van der Waals surface area contributed by atoms with Gasteiger partial charge in [-0.2, -0.15) is 0 Å². The Balaban J connectivity index is 1.69. The summed E-state index contributed by atoms with van der Waals surface area (Å²) in [5.41, 5.74) is 0.803. The smallest absolute Gasteiger partial charge is 0.335 e. The Morgan fingerprint density at radius 2 is 1.78 bits per heavy atom. The summed E-state index contributed by atoms with van der Waals surface area (Å²) in [6.07, 6.45) is 1.16. The van der Waals surface area contributed by atoms with Crippen molar-refractivity contribution < 1.29 is 28.1 Å². The molecule has 0 aliphatic carbocycles. The van der Waals surface area contributed by atoms with Gasteiger partial charge < -0.3 is 4.42 Å². The Bertz CT molecular complexity index is 1310. The van der Waals surface area contributed by atoms with Crippen LogP contribution < -0.4 is 10.2 Å². The van der Waals surface area contributed by atoms with E-state index in [1.54, 1.807) is 19.1 Å². The SMILES string of the molecule is Cc1ccc([N+](=O)[O-])cc1-c1ccc(C=C2C(=O)NC(=O)N(c3ccc(F)cc3)C2=O)o1. The molecule has 160 valence electrons. The fraction of sp³-hybridized carbons (Fsp3) is 0.0455. The van der Waals surface area contributed by atoms with Crippen molar-refractivity contribution >= 4 is 35.3 Å². The number of urea groups is 1. The van der Waals surface area contributed by atoms with E-state index in [-0.39, 0.29) is 22.7 Å². The highest BCUT2D eigenvalue weighted by Gasteiger charge is 2.37. The number of hydrogen-bond donors (Lipinski definition) is 1. The summed E-state index contributed by atoms with van der Waals surface area (Å²) in [4.78, 5) is 48.6. The first-order valence-electron chi connectivity index (χ1n) is 9.27. The molecule has 1 aliphatic rings. The lowest BCUT2D eigenvalue weighted by Gasteiger charge is -2.26. The van der Waals surface area contributed by atoms with Gasteiger partial charge in [-0.05, 0) is 55.0 Å². The molecule has 4 amide bonds. The van der Waals surface area contributed by atoms with Crippen molar-refractivity contribution in [2.24, 2.45) is 0 Å². The highest BCUT2D eigenvalue weighted by atomic mass is 19.1. The number of nitrogens with one attached hydrogen (secondary N) is 1. The minimum Gasteiger partial charge on any atom is -0.457 e. The van der Waals surface area contributed by atoms with E-state index < -0.39 is 28.6 Å². The Kier molecular flexibility index (Phi) is 5.11. The van der Waals surface area contributed by atoms with E-state index in [1.165, 1.54) is 30.3 Å². The molecule has 1 aliphatic heterocycles. The maximum absolute atomic E-state index is 13.2. The molecule has 0 bridgehead atoms.